The van der Waals surface area contributed by atoms with Gasteiger partial charge in [-0.3, -0.25) is 13.8 Å². The minimum absolute atomic E-state index is 0.0410. The number of nitrogens with one attached hydrogen (secondary N) is 1. The molecule has 0 aromatic heterocycles. The van der Waals surface area contributed by atoms with Gasteiger partial charge in [-0.1, -0.05) is 18.2 Å². The highest BCUT2D eigenvalue weighted by atomic mass is 32.2. The highest BCUT2D eigenvalue weighted by Gasteiger charge is 2.25. The average Bonchev–Trinajstić information content (AvgIpc) is 2.92. The zero-order chi connectivity index (χ0) is 21.1. The zero-order valence-corrected chi connectivity index (χ0v) is 16.8. The third-order valence-corrected chi connectivity index (χ3v) is 5.69. The highest BCUT2D eigenvalue weighted by molar-refractivity contribution is 7.84. The van der Waals surface area contributed by atoms with E-state index < -0.39 is 35.0 Å². The first-order valence-corrected chi connectivity index (χ1v) is 10.5. The van der Waals surface area contributed by atoms with Crippen molar-refractivity contribution in [2.24, 2.45) is 0 Å². The summed E-state index contributed by atoms with van der Waals surface area (Å²) in [5.41, 5.74) is 4.70. The van der Waals surface area contributed by atoms with E-state index in [9.17, 15) is 18.2 Å². The number of hydrogen-bond donors (Lipinski definition) is 2. The van der Waals surface area contributed by atoms with Crippen molar-refractivity contribution in [2.75, 3.05) is 12.8 Å². The number of rotatable bonds is 6. The number of carbonyl (C=O) groups is 2. The second-order valence-corrected chi connectivity index (χ2v) is 8.10. The van der Waals surface area contributed by atoms with Gasteiger partial charge < -0.3 is 10.4 Å². The molecule has 1 aliphatic rings. The molecule has 0 saturated carbocycles. The minimum Gasteiger partial charge on any atom is -0.480 e. The Bertz CT molecular complexity index is 1070. The summed E-state index contributed by atoms with van der Waals surface area (Å²) >= 11 is 0. The average molecular weight is 413 g/mol. The molecule has 0 saturated heterocycles. The van der Waals surface area contributed by atoms with Gasteiger partial charge in [-0.05, 0) is 70.7 Å². The highest BCUT2D eigenvalue weighted by Crippen LogP contribution is 2.43. The number of halogens is 1. The van der Waals surface area contributed by atoms with Crippen LogP contribution in [0.2, 0.25) is 0 Å². The van der Waals surface area contributed by atoms with E-state index in [-0.39, 0.29) is 6.42 Å². The van der Waals surface area contributed by atoms with Gasteiger partial charge in [0.15, 0.2) is 0 Å². The smallest absolute Gasteiger partial charge is 0.322 e. The Hall–Kier alpha value is -3.06. The molecular weight excluding hydrogens is 393 g/mol. The van der Waals surface area contributed by atoms with Crippen molar-refractivity contribution in [3.8, 4) is 0 Å². The quantitative estimate of drug-likeness (QED) is 0.760. The second-order valence-electron chi connectivity index (χ2n) is 6.72. The standard InChI is InChI=1S/C22H20FNO4S/c1-13-18(9-14-3-6-16(7-4-14)29(2)28)17-8-5-15(23)10-20(17)19(13)11-21(25)24-12-22(26)27/h3-10H,11-12H2,1-2H3,(H,24,25)(H,26,27)/b18-9-/t29-/m1/s1. The number of aliphatic carboxylic acids is 1. The molecule has 7 heteroatoms. The van der Waals surface area contributed by atoms with Gasteiger partial charge in [0, 0.05) is 22.0 Å². The van der Waals surface area contributed by atoms with Crippen molar-refractivity contribution >= 4 is 39.9 Å². The van der Waals surface area contributed by atoms with E-state index in [1.165, 1.54) is 12.1 Å². The van der Waals surface area contributed by atoms with Crippen molar-refractivity contribution in [3.05, 3.63) is 70.5 Å². The minimum atomic E-state index is -1.13. The lowest BCUT2D eigenvalue weighted by Crippen LogP contribution is -2.29. The van der Waals surface area contributed by atoms with Crippen molar-refractivity contribution in [1.82, 2.24) is 5.32 Å². The maximum atomic E-state index is 13.9. The molecule has 0 bridgehead atoms. The Balaban J connectivity index is 1.99. The Morgan fingerprint density at radius 2 is 1.83 bits per heavy atom. The number of carbonyl (C=O) groups excluding carboxylic acids is 1. The van der Waals surface area contributed by atoms with E-state index in [1.54, 1.807) is 24.5 Å². The molecule has 2 N–H and O–H groups in total. The molecule has 0 radical (unpaired) electrons. The van der Waals surface area contributed by atoms with E-state index in [0.717, 1.165) is 27.2 Å². The van der Waals surface area contributed by atoms with Crippen LogP contribution < -0.4 is 5.32 Å². The van der Waals surface area contributed by atoms with Gasteiger partial charge in [-0.15, -0.1) is 0 Å². The Labute approximate surface area is 170 Å². The maximum Gasteiger partial charge on any atom is 0.322 e. The number of carboxylic acids is 1. The maximum absolute atomic E-state index is 13.9. The third-order valence-electron chi connectivity index (χ3n) is 4.75. The molecule has 0 heterocycles. The lowest BCUT2D eigenvalue weighted by molar-refractivity contribution is -0.137. The summed E-state index contributed by atoms with van der Waals surface area (Å²) in [6, 6.07) is 11.7. The van der Waals surface area contributed by atoms with Gasteiger partial charge in [0.05, 0.1) is 6.42 Å². The van der Waals surface area contributed by atoms with Crippen LogP contribution in [0.1, 0.15) is 30.0 Å². The van der Waals surface area contributed by atoms with E-state index in [0.29, 0.717) is 11.1 Å². The normalized spacial score (nSPS) is 15.3. The Morgan fingerprint density at radius 3 is 2.45 bits per heavy atom. The summed E-state index contributed by atoms with van der Waals surface area (Å²) in [6.45, 7) is 1.40. The summed E-state index contributed by atoms with van der Waals surface area (Å²) < 4.78 is 25.4. The van der Waals surface area contributed by atoms with Crippen molar-refractivity contribution in [2.45, 2.75) is 18.2 Å². The summed E-state index contributed by atoms with van der Waals surface area (Å²) in [4.78, 5) is 23.6. The molecule has 3 rings (SSSR count). The lowest BCUT2D eigenvalue weighted by Gasteiger charge is -2.07. The fourth-order valence-electron chi connectivity index (χ4n) is 3.30. The SMILES string of the molecule is CC1=C(CC(=O)NCC(=O)O)c2cc(F)ccc2/C1=C\c1ccc([S@@](C)=O)cc1. The predicted octanol–water partition coefficient (Wildman–Crippen LogP) is 3.48. The fraction of sp³-hybridized carbons (Fsp3) is 0.182. The molecule has 0 unspecified atom stereocenters. The summed E-state index contributed by atoms with van der Waals surface area (Å²) in [5, 5.41) is 11.1. The van der Waals surface area contributed by atoms with Gasteiger partial charge in [0.2, 0.25) is 5.91 Å². The Morgan fingerprint density at radius 1 is 1.14 bits per heavy atom. The van der Waals surface area contributed by atoms with E-state index in [4.69, 9.17) is 5.11 Å². The number of amides is 1. The van der Waals surface area contributed by atoms with Gasteiger partial charge in [-0.25, -0.2) is 4.39 Å². The van der Waals surface area contributed by atoms with Gasteiger partial charge >= 0.3 is 5.97 Å². The fourth-order valence-corrected chi connectivity index (χ4v) is 3.82. The number of benzene rings is 2. The summed E-state index contributed by atoms with van der Waals surface area (Å²) in [7, 11) is -1.06. The molecule has 0 spiro atoms. The molecule has 2 aromatic rings. The molecular formula is C22H20FNO4S. The van der Waals surface area contributed by atoms with Crippen LogP contribution in [-0.2, 0) is 20.4 Å². The van der Waals surface area contributed by atoms with Gasteiger partial charge in [0.25, 0.3) is 0 Å². The van der Waals surface area contributed by atoms with E-state index in [2.05, 4.69) is 5.32 Å². The molecule has 29 heavy (non-hydrogen) atoms. The molecule has 5 nitrogen and oxygen atoms in total. The summed E-state index contributed by atoms with van der Waals surface area (Å²) in [6.07, 6.45) is 3.51. The molecule has 0 aliphatic heterocycles. The largest absolute Gasteiger partial charge is 0.480 e. The number of fused-ring (bicyclic) bond motifs is 1. The van der Waals surface area contributed by atoms with Crippen molar-refractivity contribution in [3.63, 3.8) is 0 Å². The second kappa shape index (κ2) is 8.53. The molecule has 1 aliphatic carbocycles. The zero-order valence-electron chi connectivity index (χ0n) is 16.0. The van der Waals surface area contributed by atoms with Gasteiger partial charge in [0.1, 0.15) is 12.4 Å². The van der Waals surface area contributed by atoms with Crippen LogP contribution in [0.4, 0.5) is 4.39 Å². The first-order chi connectivity index (χ1) is 13.8. The molecule has 2 aromatic carbocycles. The number of hydrogen-bond acceptors (Lipinski definition) is 3. The molecule has 150 valence electrons. The van der Waals surface area contributed by atoms with Crippen LogP contribution in [0.5, 0.6) is 0 Å². The van der Waals surface area contributed by atoms with Crippen LogP contribution in [-0.4, -0.2) is 34.0 Å². The molecule has 0 fully saturated rings. The first kappa shape index (κ1) is 20.7. The van der Waals surface area contributed by atoms with Crippen LogP contribution in [0.25, 0.3) is 17.2 Å². The van der Waals surface area contributed by atoms with Crippen LogP contribution >= 0.6 is 0 Å². The van der Waals surface area contributed by atoms with Crippen LogP contribution in [0.15, 0.2) is 52.9 Å². The molecule has 1 atom stereocenters. The third kappa shape index (κ3) is 4.68. The van der Waals surface area contributed by atoms with Crippen LogP contribution in [0, 0.1) is 5.82 Å². The first-order valence-electron chi connectivity index (χ1n) is 8.90. The van der Waals surface area contributed by atoms with Gasteiger partial charge in [-0.2, -0.15) is 0 Å². The number of carboxylic acid groups (broad SMARTS) is 1. The van der Waals surface area contributed by atoms with Crippen molar-refractivity contribution < 1.29 is 23.3 Å². The topological polar surface area (TPSA) is 83.5 Å². The van der Waals surface area contributed by atoms with E-state index in [1.807, 2.05) is 25.1 Å². The lowest BCUT2D eigenvalue weighted by atomic mass is 10.0. The number of allylic oxidation sites excluding steroid dienone is 2. The van der Waals surface area contributed by atoms with Crippen LogP contribution in [0.3, 0.4) is 0 Å². The molecule has 1 amide bonds. The van der Waals surface area contributed by atoms with Crippen molar-refractivity contribution in [1.29, 1.82) is 0 Å². The monoisotopic (exact) mass is 413 g/mol. The Kier molecular flexibility index (Phi) is 6.08. The predicted molar refractivity (Wildman–Crippen MR) is 111 cm³/mol. The van der Waals surface area contributed by atoms with E-state index >= 15 is 0 Å². The summed E-state index contributed by atoms with van der Waals surface area (Å²) in [5.74, 6) is -1.97.